The first-order valence-electron chi connectivity index (χ1n) is 5.76. The molecule has 0 aliphatic rings. The van der Waals surface area contributed by atoms with Crippen LogP contribution in [0.1, 0.15) is 0 Å². The fourth-order valence-corrected chi connectivity index (χ4v) is 1.83. The minimum atomic E-state index is -0.714. The van der Waals surface area contributed by atoms with E-state index in [-0.39, 0.29) is 10.8 Å². The van der Waals surface area contributed by atoms with Gasteiger partial charge in [-0.3, -0.25) is 0 Å². The monoisotopic (exact) mass is 294 g/mol. The lowest BCUT2D eigenvalue weighted by atomic mass is 10.3. The molecule has 104 valence electrons. The van der Waals surface area contributed by atoms with E-state index in [1.54, 1.807) is 12.1 Å². The molecule has 20 heavy (non-hydrogen) atoms. The molecule has 0 aromatic heterocycles. The van der Waals surface area contributed by atoms with Crippen LogP contribution in [0.15, 0.2) is 42.5 Å². The van der Waals surface area contributed by atoms with Crippen LogP contribution in [-0.2, 0) is 0 Å². The van der Waals surface area contributed by atoms with Gasteiger partial charge in [0.05, 0.1) is 18.5 Å². The lowest BCUT2D eigenvalue weighted by Crippen LogP contribution is -2.20. The molecule has 0 unspecified atom stereocenters. The Hall–Kier alpha value is -2.21. The van der Waals surface area contributed by atoms with E-state index in [1.807, 2.05) is 12.1 Å². The number of thiocarbonyl (C=S) groups is 1. The van der Waals surface area contributed by atoms with Crippen molar-refractivity contribution >= 4 is 28.7 Å². The van der Waals surface area contributed by atoms with Gasteiger partial charge in [0.1, 0.15) is 17.4 Å². The summed E-state index contributed by atoms with van der Waals surface area (Å²) in [4.78, 5) is 0. The maximum absolute atomic E-state index is 13.5. The van der Waals surface area contributed by atoms with Crippen molar-refractivity contribution in [3.63, 3.8) is 0 Å². The van der Waals surface area contributed by atoms with Crippen LogP contribution in [0.5, 0.6) is 5.75 Å². The average molecular weight is 294 g/mol. The highest BCUT2D eigenvalue weighted by Gasteiger charge is 2.07. The first kappa shape index (κ1) is 14.2. The number of anilines is 2. The van der Waals surface area contributed by atoms with Gasteiger partial charge in [-0.2, -0.15) is 0 Å². The standard InChI is InChI=1S/C14H12F2N2OS/c1-19-13-5-3-2-4-12(13)18-14(20)17-11-7-6-9(15)8-10(11)16/h2-8H,1H3,(H2,17,18,20). The number of ether oxygens (including phenoxy) is 1. The first-order chi connectivity index (χ1) is 9.60. The van der Waals surface area contributed by atoms with E-state index >= 15 is 0 Å². The minimum Gasteiger partial charge on any atom is -0.495 e. The van der Waals surface area contributed by atoms with Crippen molar-refractivity contribution in [3.8, 4) is 5.75 Å². The number of rotatable bonds is 3. The number of hydrogen-bond donors (Lipinski definition) is 2. The third-order valence-electron chi connectivity index (χ3n) is 2.53. The summed E-state index contributed by atoms with van der Waals surface area (Å²) in [6, 6.07) is 10.4. The van der Waals surface area contributed by atoms with Crippen LogP contribution < -0.4 is 15.4 Å². The maximum atomic E-state index is 13.5. The fourth-order valence-electron chi connectivity index (χ4n) is 1.61. The summed E-state index contributed by atoms with van der Waals surface area (Å²) < 4.78 is 31.4. The molecule has 0 aliphatic heterocycles. The summed E-state index contributed by atoms with van der Waals surface area (Å²) in [6.45, 7) is 0. The Morgan fingerprint density at radius 2 is 1.75 bits per heavy atom. The maximum Gasteiger partial charge on any atom is 0.175 e. The van der Waals surface area contributed by atoms with E-state index < -0.39 is 11.6 Å². The van der Waals surface area contributed by atoms with Gasteiger partial charge in [0, 0.05) is 6.07 Å². The Labute approximate surface area is 120 Å². The summed E-state index contributed by atoms with van der Waals surface area (Å²) in [5.41, 5.74) is 0.744. The van der Waals surface area contributed by atoms with Gasteiger partial charge in [0.15, 0.2) is 5.11 Å². The van der Waals surface area contributed by atoms with E-state index in [9.17, 15) is 8.78 Å². The molecule has 2 N–H and O–H groups in total. The zero-order valence-corrected chi connectivity index (χ0v) is 11.4. The van der Waals surface area contributed by atoms with Crippen molar-refractivity contribution in [1.82, 2.24) is 0 Å². The van der Waals surface area contributed by atoms with Gasteiger partial charge < -0.3 is 15.4 Å². The summed E-state index contributed by atoms with van der Waals surface area (Å²) in [6.07, 6.45) is 0. The highest BCUT2D eigenvalue weighted by molar-refractivity contribution is 7.80. The van der Waals surface area contributed by atoms with Crippen molar-refractivity contribution in [1.29, 1.82) is 0 Å². The third kappa shape index (κ3) is 3.42. The molecule has 0 radical (unpaired) electrons. The van der Waals surface area contributed by atoms with Gasteiger partial charge in [-0.1, -0.05) is 12.1 Å². The largest absolute Gasteiger partial charge is 0.495 e. The van der Waals surface area contributed by atoms with Crippen molar-refractivity contribution < 1.29 is 13.5 Å². The molecular weight excluding hydrogens is 282 g/mol. The van der Waals surface area contributed by atoms with E-state index in [1.165, 1.54) is 13.2 Å². The molecule has 0 fully saturated rings. The molecule has 2 aromatic carbocycles. The van der Waals surface area contributed by atoms with E-state index in [0.29, 0.717) is 11.4 Å². The van der Waals surface area contributed by atoms with Crippen LogP contribution in [0.2, 0.25) is 0 Å². The van der Waals surface area contributed by atoms with Crippen molar-refractivity contribution in [2.24, 2.45) is 0 Å². The molecule has 2 aromatic rings. The molecule has 0 spiro atoms. The molecular formula is C14H12F2N2OS. The number of nitrogens with one attached hydrogen (secondary N) is 2. The molecule has 0 saturated heterocycles. The fraction of sp³-hybridized carbons (Fsp3) is 0.0714. The van der Waals surface area contributed by atoms with Crippen molar-refractivity contribution in [2.75, 3.05) is 17.7 Å². The number of para-hydroxylation sites is 2. The summed E-state index contributed by atoms with van der Waals surface area (Å²) in [5.74, 6) is -0.748. The zero-order valence-electron chi connectivity index (χ0n) is 10.6. The van der Waals surface area contributed by atoms with Gasteiger partial charge in [0.2, 0.25) is 0 Å². The van der Waals surface area contributed by atoms with Gasteiger partial charge >= 0.3 is 0 Å². The SMILES string of the molecule is COc1ccccc1NC(=S)Nc1ccc(F)cc1F. The molecule has 2 rings (SSSR count). The molecule has 0 saturated carbocycles. The molecule has 3 nitrogen and oxygen atoms in total. The van der Waals surface area contributed by atoms with E-state index in [2.05, 4.69) is 10.6 Å². The van der Waals surface area contributed by atoms with Gasteiger partial charge in [-0.05, 0) is 36.5 Å². The highest BCUT2D eigenvalue weighted by atomic mass is 32.1. The summed E-state index contributed by atoms with van der Waals surface area (Å²) in [7, 11) is 1.54. The number of hydrogen-bond acceptors (Lipinski definition) is 2. The second kappa shape index (κ2) is 6.29. The van der Waals surface area contributed by atoms with Gasteiger partial charge in [-0.25, -0.2) is 8.78 Å². The lowest BCUT2D eigenvalue weighted by molar-refractivity contribution is 0.417. The number of halogens is 2. The van der Waals surface area contributed by atoms with Crippen LogP contribution in [-0.4, -0.2) is 12.2 Å². The van der Waals surface area contributed by atoms with Gasteiger partial charge in [0.25, 0.3) is 0 Å². The summed E-state index contributed by atoms with van der Waals surface area (Å²) >= 11 is 5.08. The molecule has 0 aliphatic carbocycles. The highest BCUT2D eigenvalue weighted by Crippen LogP contribution is 2.23. The van der Waals surface area contributed by atoms with Crippen LogP contribution in [0.4, 0.5) is 20.2 Å². The first-order valence-corrected chi connectivity index (χ1v) is 6.17. The zero-order chi connectivity index (χ0) is 14.5. The minimum absolute atomic E-state index is 0.0961. The molecule has 0 atom stereocenters. The molecule has 0 bridgehead atoms. The predicted octanol–water partition coefficient (Wildman–Crippen LogP) is 3.78. The predicted molar refractivity (Wildman–Crippen MR) is 79.2 cm³/mol. The molecule has 6 heteroatoms. The van der Waals surface area contributed by atoms with Crippen LogP contribution in [0, 0.1) is 11.6 Å². The number of benzene rings is 2. The second-order valence-corrected chi connectivity index (χ2v) is 4.31. The molecule has 0 amide bonds. The topological polar surface area (TPSA) is 33.3 Å². The van der Waals surface area contributed by atoms with Crippen molar-refractivity contribution in [3.05, 3.63) is 54.1 Å². The van der Waals surface area contributed by atoms with Crippen LogP contribution in [0.3, 0.4) is 0 Å². The number of methoxy groups -OCH3 is 1. The van der Waals surface area contributed by atoms with E-state index in [0.717, 1.165) is 12.1 Å². The third-order valence-corrected chi connectivity index (χ3v) is 2.74. The van der Waals surface area contributed by atoms with Gasteiger partial charge in [-0.15, -0.1) is 0 Å². The van der Waals surface area contributed by atoms with E-state index in [4.69, 9.17) is 17.0 Å². The quantitative estimate of drug-likeness (QED) is 0.844. The summed E-state index contributed by atoms with van der Waals surface area (Å²) in [5, 5.41) is 5.73. The lowest BCUT2D eigenvalue weighted by Gasteiger charge is -2.13. The van der Waals surface area contributed by atoms with Crippen LogP contribution >= 0.6 is 12.2 Å². The van der Waals surface area contributed by atoms with Crippen LogP contribution in [0.25, 0.3) is 0 Å². The second-order valence-electron chi connectivity index (χ2n) is 3.90. The Morgan fingerprint density at radius 3 is 2.45 bits per heavy atom. The Morgan fingerprint density at radius 1 is 1.05 bits per heavy atom. The Kier molecular flexibility index (Phi) is 4.47. The molecule has 0 heterocycles. The normalized spacial score (nSPS) is 9.95. The Balaban J connectivity index is 2.09. The van der Waals surface area contributed by atoms with Crippen molar-refractivity contribution in [2.45, 2.75) is 0 Å². The Bertz CT molecular complexity index is 634. The average Bonchev–Trinajstić information content (AvgIpc) is 2.42. The smallest absolute Gasteiger partial charge is 0.175 e.